The molecule has 1 unspecified atom stereocenters. The van der Waals surface area contributed by atoms with Crippen molar-refractivity contribution in [2.24, 2.45) is 5.73 Å². The Kier molecular flexibility index (Phi) is 5.25. The Morgan fingerprint density at radius 3 is 2.69 bits per heavy atom. The van der Waals surface area contributed by atoms with Gasteiger partial charge in [-0.25, -0.2) is 0 Å². The molecule has 1 heterocycles. The maximum Gasteiger partial charge on any atom is 0.224 e. The van der Waals surface area contributed by atoms with E-state index in [1.807, 2.05) is 0 Å². The topological polar surface area (TPSA) is 68.8 Å². The highest BCUT2D eigenvalue weighted by Crippen LogP contribution is 2.21. The Morgan fingerprint density at radius 1 is 1.38 bits per heavy atom. The van der Waals surface area contributed by atoms with Gasteiger partial charge in [-0.05, 0) is 33.2 Å². The van der Waals surface area contributed by atoms with E-state index in [0.29, 0.717) is 5.92 Å². The number of nitrogens with zero attached hydrogens (tertiary/aromatic N) is 3. The Labute approximate surface area is 97.4 Å². The number of hydrogen-bond donors (Lipinski definition) is 2. The molecule has 16 heavy (non-hydrogen) atoms. The largest absolute Gasteiger partial charge is 0.355 e. The van der Waals surface area contributed by atoms with Gasteiger partial charge in [-0.1, -0.05) is 6.92 Å². The van der Waals surface area contributed by atoms with E-state index in [4.69, 9.17) is 5.73 Å². The first kappa shape index (κ1) is 13.0. The number of rotatable bonds is 7. The van der Waals surface area contributed by atoms with Crippen molar-refractivity contribution in [2.75, 3.05) is 18.4 Å². The molecular formula is C11H23N5. The third kappa shape index (κ3) is 2.95. The molecule has 0 spiro atoms. The van der Waals surface area contributed by atoms with Crippen molar-refractivity contribution in [3.05, 3.63) is 5.82 Å². The van der Waals surface area contributed by atoms with E-state index in [1.54, 1.807) is 0 Å². The SMILES string of the molecule is CCNc1nnc(C(C)CCCN)n1CC. The molecule has 0 amide bonds. The van der Waals surface area contributed by atoms with E-state index < -0.39 is 0 Å². The quantitative estimate of drug-likeness (QED) is 0.739. The second-order valence-electron chi connectivity index (χ2n) is 3.99. The zero-order valence-corrected chi connectivity index (χ0v) is 10.5. The van der Waals surface area contributed by atoms with Crippen LogP contribution < -0.4 is 11.1 Å². The number of hydrogen-bond acceptors (Lipinski definition) is 4. The first-order valence-electron chi connectivity index (χ1n) is 6.11. The molecule has 0 saturated heterocycles. The Morgan fingerprint density at radius 2 is 2.12 bits per heavy atom. The minimum atomic E-state index is 0.420. The number of nitrogens with one attached hydrogen (secondary N) is 1. The maximum atomic E-state index is 5.52. The van der Waals surface area contributed by atoms with Crippen LogP contribution in [0.3, 0.4) is 0 Å². The van der Waals surface area contributed by atoms with Gasteiger partial charge in [-0.15, -0.1) is 10.2 Å². The number of aromatic nitrogens is 3. The van der Waals surface area contributed by atoms with Crippen LogP contribution in [0.1, 0.15) is 45.4 Å². The Balaban J connectivity index is 2.78. The van der Waals surface area contributed by atoms with Gasteiger partial charge in [0.1, 0.15) is 5.82 Å². The summed E-state index contributed by atoms with van der Waals surface area (Å²) in [7, 11) is 0. The summed E-state index contributed by atoms with van der Waals surface area (Å²) >= 11 is 0. The molecule has 0 bridgehead atoms. The maximum absolute atomic E-state index is 5.52. The zero-order valence-electron chi connectivity index (χ0n) is 10.5. The lowest BCUT2D eigenvalue weighted by Crippen LogP contribution is -2.11. The molecule has 3 N–H and O–H groups in total. The average Bonchev–Trinajstić information content (AvgIpc) is 2.69. The highest BCUT2D eigenvalue weighted by Gasteiger charge is 2.15. The van der Waals surface area contributed by atoms with Crippen molar-refractivity contribution in [2.45, 2.75) is 46.1 Å². The molecule has 1 aromatic heterocycles. The molecule has 0 aliphatic carbocycles. The predicted octanol–water partition coefficient (Wildman–Crippen LogP) is 1.57. The lowest BCUT2D eigenvalue weighted by molar-refractivity contribution is 0.569. The van der Waals surface area contributed by atoms with Crippen molar-refractivity contribution >= 4 is 5.95 Å². The van der Waals surface area contributed by atoms with Gasteiger partial charge in [0.15, 0.2) is 0 Å². The van der Waals surface area contributed by atoms with Crippen LogP contribution in [0.2, 0.25) is 0 Å². The standard InChI is InChI=1S/C11H23N5/c1-4-13-11-15-14-10(16(11)5-2)9(3)7-6-8-12/h9H,4-8,12H2,1-3H3,(H,13,15). The van der Waals surface area contributed by atoms with Crippen molar-refractivity contribution in [1.82, 2.24) is 14.8 Å². The summed E-state index contributed by atoms with van der Waals surface area (Å²) in [5.74, 6) is 2.36. The van der Waals surface area contributed by atoms with Gasteiger partial charge in [-0.3, -0.25) is 4.57 Å². The van der Waals surface area contributed by atoms with Gasteiger partial charge >= 0.3 is 0 Å². The third-order valence-electron chi connectivity index (χ3n) is 2.71. The molecule has 1 aromatic rings. The first-order valence-corrected chi connectivity index (χ1v) is 6.11. The fraction of sp³-hybridized carbons (Fsp3) is 0.818. The molecule has 0 radical (unpaired) electrons. The molecule has 1 rings (SSSR count). The van der Waals surface area contributed by atoms with Crippen LogP contribution in [0.15, 0.2) is 0 Å². The second-order valence-corrected chi connectivity index (χ2v) is 3.99. The van der Waals surface area contributed by atoms with E-state index in [-0.39, 0.29) is 0 Å². The molecule has 0 aromatic carbocycles. The van der Waals surface area contributed by atoms with Crippen molar-refractivity contribution in [3.8, 4) is 0 Å². The van der Waals surface area contributed by atoms with E-state index in [2.05, 4.69) is 40.9 Å². The number of anilines is 1. The van der Waals surface area contributed by atoms with E-state index >= 15 is 0 Å². The molecule has 5 nitrogen and oxygen atoms in total. The molecule has 0 saturated carbocycles. The van der Waals surface area contributed by atoms with Crippen molar-refractivity contribution < 1.29 is 0 Å². The summed E-state index contributed by atoms with van der Waals surface area (Å²) in [5, 5.41) is 11.7. The van der Waals surface area contributed by atoms with E-state index in [9.17, 15) is 0 Å². The monoisotopic (exact) mass is 225 g/mol. The molecule has 1 atom stereocenters. The van der Waals surface area contributed by atoms with Gasteiger partial charge in [0.25, 0.3) is 0 Å². The molecule has 5 heteroatoms. The van der Waals surface area contributed by atoms with Gasteiger partial charge in [0, 0.05) is 19.0 Å². The minimum Gasteiger partial charge on any atom is -0.355 e. The lowest BCUT2D eigenvalue weighted by Gasteiger charge is -2.13. The zero-order chi connectivity index (χ0) is 12.0. The highest BCUT2D eigenvalue weighted by molar-refractivity contribution is 5.26. The van der Waals surface area contributed by atoms with Crippen molar-refractivity contribution in [1.29, 1.82) is 0 Å². The van der Waals surface area contributed by atoms with E-state index in [1.165, 1.54) is 0 Å². The average molecular weight is 225 g/mol. The normalized spacial score (nSPS) is 12.8. The number of nitrogens with two attached hydrogens (primary N) is 1. The Bertz CT molecular complexity index is 307. The second kappa shape index (κ2) is 6.48. The van der Waals surface area contributed by atoms with Gasteiger partial charge in [0.05, 0.1) is 0 Å². The van der Waals surface area contributed by atoms with Gasteiger partial charge in [-0.2, -0.15) is 0 Å². The Hall–Kier alpha value is -1.10. The summed E-state index contributed by atoms with van der Waals surface area (Å²) in [6, 6.07) is 0. The third-order valence-corrected chi connectivity index (χ3v) is 2.71. The summed E-state index contributed by atoms with van der Waals surface area (Å²) in [6.45, 7) is 8.87. The van der Waals surface area contributed by atoms with E-state index in [0.717, 1.165) is 44.2 Å². The molecule has 92 valence electrons. The predicted molar refractivity (Wildman–Crippen MR) is 66.6 cm³/mol. The summed E-state index contributed by atoms with van der Waals surface area (Å²) in [4.78, 5) is 0. The van der Waals surface area contributed by atoms with Crippen LogP contribution in [-0.4, -0.2) is 27.9 Å². The minimum absolute atomic E-state index is 0.420. The molecule has 0 aliphatic rings. The fourth-order valence-corrected chi connectivity index (χ4v) is 1.83. The molecule has 0 aliphatic heterocycles. The summed E-state index contributed by atoms with van der Waals surface area (Å²) in [6.07, 6.45) is 2.11. The smallest absolute Gasteiger partial charge is 0.224 e. The summed E-state index contributed by atoms with van der Waals surface area (Å²) < 4.78 is 2.14. The van der Waals surface area contributed by atoms with Crippen LogP contribution in [0.25, 0.3) is 0 Å². The van der Waals surface area contributed by atoms with Crippen LogP contribution >= 0.6 is 0 Å². The first-order chi connectivity index (χ1) is 7.74. The van der Waals surface area contributed by atoms with Crippen LogP contribution in [0.4, 0.5) is 5.95 Å². The highest BCUT2D eigenvalue weighted by atomic mass is 15.3. The fourth-order valence-electron chi connectivity index (χ4n) is 1.83. The van der Waals surface area contributed by atoms with Gasteiger partial charge in [0.2, 0.25) is 5.95 Å². The van der Waals surface area contributed by atoms with Gasteiger partial charge < -0.3 is 11.1 Å². The van der Waals surface area contributed by atoms with Crippen molar-refractivity contribution in [3.63, 3.8) is 0 Å². The molecular weight excluding hydrogens is 202 g/mol. The van der Waals surface area contributed by atoms with Crippen LogP contribution in [0, 0.1) is 0 Å². The van der Waals surface area contributed by atoms with Crippen LogP contribution in [-0.2, 0) is 6.54 Å². The lowest BCUT2D eigenvalue weighted by atomic mass is 10.1. The molecule has 0 fully saturated rings. The summed E-state index contributed by atoms with van der Waals surface area (Å²) in [5.41, 5.74) is 5.52. The van der Waals surface area contributed by atoms with Crippen LogP contribution in [0.5, 0.6) is 0 Å².